The Morgan fingerprint density at radius 2 is 2.17 bits per heavy atom. The predicted octanol–water partition coefficient (Wildman–Crippen LogP) is 2.02. The van der Waals surface area contributed by atoms with Crippen molar-refractivity contribution in [2.24, 2.45) is 0 Å². The van der Waals surface area contributed by atoms with Gasteiger partial charge in [-0.3, -0.25) is 13.3 Å². The van der Waals surface area contributed by atoms with Crippen LogP contribution in [0.3, 0.4) is 0 Å². The highest BCUT2D eigenvalue weighted by molar-refractivity contribution is 7.81. The lowest BCUT2D eigenvalue weighted by Crippen LogP contribution is -2.48. The number of carbonyl (C=O) groups excluding carboxylic acids is 1. The number of nitrogens with two attached hydrogens (primary N) is 1. The maximum atomic E-state index is 13.7. The fourth-order valence-electron chi connectivity index (χ4n) is 5.11. The number of aliphatic carboxylic acids is 1. The van der Waals surface area contributed by atoms with Crippen LogP contribution in [0, 0.1) is 0 Å². The number of benzene rings is 1. The number of nitrogens with zero attached hydrogens (tertiary/aromatic N) is 5. The smallest absolute Gasteiger partial charge is 0.326 e. The summed E-state index contributed by atoms with van der Waals surface area (Å²) in [5.74, 6) is -4.17. The Morgan fingerprint density at radius 3 is 2.83 bits per heavy atom. The molecule has 0 bridgehead atoms. The zero-order chi connectivity index (χ0) is 28.8. The van der Waals surface area contributed by atoms with Gasteiger partial charge in [-0.05, 0) is 35.6 Å². The third-order valence-electron chi connectivity index (χ3n) is 7.06. The summed E-state index contributed by atoms with van der Waals surface area (Å²) in [5.41, 5.74) is 6.47. The highest BCUT2D eigenvalue weighted by atomic mass is 32.2. The van der Waals surface area contributed by atoms with E-state index < -0.39 is 47.7 Å². The first kappa shape index (κ1) is 27.9. The molecule has 2 saturated heterocycles. The minimum absolute atomic E-state index is 0.00899. The number of methoxy groups -OCH3 is 1. The number of hydrogen-bond donors (Lipinski definition) is 2. The number of halogens is 2. The average Bonchev–Trinajstić information content (AvgIpc) is 3.61. The summed E-state index contributed by atoms with van der Waals surface area (Å²) >= 11 is -2.04. The standard InChI is InChI=1S/C24H26F2N6O6S2/c1-38-18-10-15-13(2-5-28-20(15)27)8-14(18)9-17(22(34)35)31-6-3-16(21(31)33)32(40(36)37)19-11-29-23(39-19)30-7-4-24(25,26)12-30/h2,5,8,10-11,16-17H,3-4,6-7,9,12H2,1H3,(H2,27,28)(H,34,35)(H,36,37)/p-1/t16-,17+/m0/s1. The first-order valence-corrected chi connectivity index (χ1v) is 14.1. The van der Waals surface area contributed by atoms with E-state index >= 15 is 0 Å². The topological polar surface area (TPSA) is 165 Å². The van der Waals surface area contributed by atoms with E-state index in [0.29, 0.717) is 22.1 Å². The average molecular weight is 596 g/mol. The first-order valence-electron chi connectivity index (χ1n) is 12.2. The molecule has 3 N–H and O–H groups in total. The molecule has 1 aromatic carbocycles. The molecular formula is C24H25F2N6O6S2-. The van der Waals surface area contributed by atoms with Crippen molar-refractivity contribution in [1.82, 2.24) is 14.9 Å². The molecule has 16 heteroatoms. The molecule has 1 amide bonds. The molecule has 0 spiro atoms. The van der Waals surface area contributed by atoms with Crippen LogP contribution in [0.4, 0.5) is 24.7 Å². The Balaban J connectivity index is 1.39. The van der Waals surface area contributed by atoms with Crippen LogP contribution in [0.2, 0.25) is 0 Å². The quantitative estimate of drug-likeness (QED) is 0.350. The summed E-state index contributed by atoms with van der Waals surface area (Å²) in [5, 5.41) is 11.7. The zero-order valence-corrected chi connectivity index (χ0v) is 22.8. The van der Waals surface area contributed by atoms with Gasteiger partial charge in [0.15, 0.2) is 5.13 Å². The van der Waals surface area contributed by atoms with E-state index in [4.69, 9.17) is 10.5 Å². The highest BCUT2D eigenvalue weighted by Gasteiger charge is 2.44. The van der Waals surface area contributed by atoms with Gasteiger partial charge < -0.3 is 29.9 Å². The third kappa shape index (κ3) is 5.25. The number of nitrogen functional groups attached to an aromatic ring is 1. The van der Waals surface area contributed by atoms with Gasteiger partial charge >= 0.3 is 5.97 Å². The van der Waals surface area contributed by atoms with Gasteiger partial charge in [0.2, 0.25) is 5.91 Å². The number of alkyl halides is 2. The van der Waals surface area contributed by atoms with Crippen LogP contribution in [0.15, 0.2) is 30.6 Å². The second kappa shape index (κ2) is 10.7. The molecule has 5 rings (SSSR count). The van der Waals surface area contributed by atoms with E-state index in [9.17, 15) is 32.2 Å². The second-order valence-corrected chi connectivity index (χ2v) is 11.3. The van der Waals surface area contributed by atoms with Crippen molar-refractivity contribution < 1.29 is 37.0 Å². The van der Waals surface area contributed by atoms with Crippen molar-refractivity contribution in [1.29, 1.82) is 0 Å². The minimum atomic E-state index is -2.91. The van der Waals surface area contributed by atoms with Crippen LogP contribution in [-0.4, -0.2) is 85.4 Å². The first-order chi connectivity index (χ1) is 19.0. The molecule has 4 heterocycles. The van der Waals surface area contributed by atoms with Crippen molar-refractivity contribution in [3.8, 4) is 5.75 Å². The van der Waals surface area contributed by atoms with Crippen LogP contribution in [0.1, 0.15) is 18.4 Å². The molecule has 0 radical (unpaired) electrons. The number of thiazole rings is 1. The number of pyridine rings is 1. The zero-order valence-electron chi connectivity index (χ0n) is 21.2. The lowest BCUT2D eigenvalue weighted by molar-refractivity contribution is -0.148. The largest absolute Gasteiger partial charge is 0.755 e. The number of hydrogen-bond acceptors (Lipinski definition) is 10. The number of ether oxygens (including phenoxy) is 1. The Kier molecular flexibility index (Phi) is 7.50. The fourth-order valence-corrected chi connectivity index (χ4v) is 6.90. The molecule has 40 heavy (non-hydrogen) atoms. The summed E-state index contributed by atoms with van der Waals surface area (Å²) in [6.07, 6.45) is 2.33. The maximum absolute atomic E-state index is 13.7. The molecule has 12 nitrogen and oxygen atoms in total. The molecule has 2 aromatic heterocycles. The van der Waals surface area contributed by atoms with Crippen molar-refractivity contribution in [3.63, 3.8) is 0 Å². The Hall–Kier alpha value is -3.63. The van der Waals surface area contributed by atoms with Crippen molar-refractivity contribution in [2.45, 2.75) is 37.3 Å². The van der Waals surface area contributed by atoms with Crippen LogP contribution in [0.25, 0.3) is 10.8 Å². The normalized spacial score (nSPS) is 20.2. The van der Waals surface area contributed by atoms with Gasteiger partial charge in [-0.25, -0.2) is 23.5 Å². The number of likely N-dealkylation sites (tertiary alicyclic amines) is 1. The van der Waals surface area contributed by atoms with Gasteiger partial charge in [0.25, 0.3) is 5.92 Å². The van der Waals surface area contributed by atoms with Gasteiger partial charge in [-0.2, -0.15) is 0 Å². The van der Waals surface area contributed by atoms with E-state index in [2.05, 4.69) is 9.97 Å². The number of fused-ring (bicyclic) bond motifs is 1. The second-order valence-electron chi connectivity index (χ2n) is 9.53. The third-order valence-corrected chi connectivity index (χ3v) is 9.01. The van der Waals surface area contributed by atoms with Gasteiger partial charge in [0.05, 0.1) is 19.9 Å². The molecule has 3 atom stereocenters. The Labute approximate surface area is 233 Å². The number of carbonyl (C=O) groups is 2. The molecule has 2 aliphatic rings. The van der Waals surface area contributed by atoms with Gasteiger partial charge in [0, 0.05) is 48.8 Å². The molecule has 2 aliphatic heterocycles. The number of carboxylic acid groups (broad SMARTS) is 1. The van der Waals surface area contributed by atoms with Gasteiger partial charge in [-0.1, -0.05) is 11.3 Å². The van der Waals surface area contributed by atoms with E-state index in [0.717, 1.165) is 20.5 Å². The molecular weight excluding hydrogens is 570 g/mol. The SMILES string of the molecule is COc1cc2c(N)nccc2cc1C[C@H](C(=O)O)N1CC[C@H](N(c2cnc(N3CCC(F)(F)C3)s2)S(=O)[O-])C1=O. The molecule has 214 valence electrons. The van der Waals surface area contributed by atoms with Crippen LogP contribution >= 0.6 is 11.3 Å². The lowest BCUT2D eigenvalue weighted by atomic mass is 10.00. The number of anilines is 3. The molecule has 0 aliphatic carbocycles. The number of aromatic nitrogens is 2. The molecule has 0 saturated carbocycles. The van der Waals surface area contributed by atoms with E-state index in [1.807, 2.05) is 0 Å². The van der Waals surface area contributed by atoms with Crippen molar-refractivity contribution in [2.75, 3.05) is 41.7 Å². The Morgan fingerprint density at radius 1 is 1.40 bits per heavy atom. The van der Waals surface area contributed by atoms with Crippen molar-refractivity contribution in [3.05, 3.63) is 36.2 Å². The monoisotopic (exact) mass is 595 g/mol. The van der Waals surface area contributed by atoms with Crippen molar-refractivity contribution >= 4 is 61.2 Å². The number of carboxylic acids is 1. The van der Waals surface area contributed by atoms with Crippen LogP contribution in [-0.2, 0) is 27.3 Å². The summed E-state index contributed by atoms with van der Waals surface area (Å²) < 4.78 is 58.1. The summed E-state index contributed by atoms with van der Waals surface area (Å²) in [6.45, 7) is -0.471. The van der Waals surface area contributed by atoms with Crippen LogP contribution in [0.5, 0.6) is 5.75 Å². The fraction of sp³-hybridized carbons (Fsp3) is 0.417. The summed E-state index contributed by atoms with van der Waals surface area (Å²) in [6, 6.07) is 2.57. The lowest BCUT2D eigenvalue weighted by Gasteiger charge is -2.30. The number of amides is 1. The maximum Gasteiger partial charge on any atom is 0.326 e. The highest BCUT2D eigenvalue weighted by Crippen LogP contribution is 2.38. The predicted molar refractivity (Wildman–Crippen MR) is 143 cm³/mol. The summed E-state index contributed by atoms with van der Waals surface area (Å²) in [7, 11) is 1.43. The van der Waals surface area contributed by atoms with Crippen LogP contribution < -0.4 is 19.7 Å². The molecule has 1 unspecified atom stereocenters. The minimum Gasteiger partial charge on any atom is -0.755 e. The van der Waals surface area contributed by atoms with E-state index in [-0.39, 0.29) is 48.3 Å². The number of rotatable bonds is 9. The van der Waals surface area contributed by atoms with E-state index in [1.54, 1.807) is 18.2 Å². The van der Waals surface area contributed by atoms with Gasteiger partial charge in [-0.15, -0.1) is 0 Å². The van der Waals surface area contributed by atoms with E-state index in [1.165, 1.54) is 24.4 Å². The van der Waals surface area contributed by atoms with Gasteiger partial charge in [0.1, 0.15) is 28.7 Å². The molecule has 2 fully saturated rings. The molecule has 3 aromatic rings. The Bertz CT molecular complexity index is 1490. The summed E-state index contributed by atoms with van der Waals surface area (Å²) in [4.78, 5) is 36.5.